The zero-order valence-electron chi connectivity index (χ0n) is 18.8. The van der Waals surface area contributed by atoms with Crippen LogP contribution in [0.4, 0.5) is 4.39 Å². The van der Waals surface area contributed by atoms with E-state index in [1.807, 2.05) is 18.2 Å². The molecule has 1 aromatic heterocycles. The van der Waals surface area contributed by atoms with E-state index in [0.29, 0.717) is 33.6 Å². The molecule has 0 saturated heterocycles. The number of fused-ring (bicyclic) bond motifs is 2. The van der Waals surface area contributed by atoms with Gasteiger partial charge in [0, 0.05) is 28.1 Å². The third-order valence-corrected chi connectivity index (χ3v) is 5.93. The molecule has 7 nitrogen and oxygen atoms in total. The Bertz CT molecular complexity index is 1560. The zero-order chi connectivity index (χ0) is 24.7. The van der Waals surface area contributed by atoms with Crippen LogP contribution in [0.5, 0.6) is 17.2 Å². The summed E-state index contributed by atoms with van der Waals surface area (Å²) < 4.78 is 35.9. The molecule has 0 saturated carbocycles. The van der Waals surface area contributed by atoms with Crippen LogP contribution in [0.1, 0.15) is 33.2 Å². The minimum Gasteiger partial charge on any atom is -0.496 e. The van der Waals surface area contributed by atoms with Crippen molar-refractivity contribution in [1.29, 1.82) is 5.26 Å². The standard InChI is InChI=1S/C27H19FN2O5/c1-14-19-11-15(28)7-10-22(19)34-25(14)27(31)33-16-8-9-18-23(12-16)35-26(30)20(13-29)24(18)17-5-3-4-6-21(17)32-2/h3-12,24H,30H2,1-2H3. The van der Waals surface area contributed by atoms with Crippen molar-refractivity contribution >= 4 is 16.9 Å². The van der Waals surface area contributed by atoms with Crippen LogP contribution in [-0.4, -0.2) is 13.1 Å². The van der Waals surface area contributed by atoms with Gasteiger partial charge in [-0.1, -0.05) is 24.3 Å². The highest BCUT2D eigenvalue weighted by molar-refractivity contribution is 5.96. The summed E-state index contributed by atoms with van der Waals surface area (Å²) in [5.74, 6) is -0.650. The van der Waals surface area contributed by atoms with Gasteiger partial charge in [-0.2, -0.15) is 5.26 Å². The number of benzene rings is 3. The van der Waals surface area contributed by atoms with Gasteiger partial charge in [0.05, 0.1) is 13.0 Å². The van der Waals surface area contributed by atoms with Crippen molar-refractivity contribution < 1.29 is 27.8 Å². The van der Waals surface area contributed by atoms with Crippen molar-refractivity contribution in [3.63, 3.8) is 0 Å². The van der Waals surface area contributed by atoms with E-state index < -0.39 is 17.7 Å². The molecule has 174 valence electrons. The number of furan rings is 1. The second-order valence-corrected chi connectivity index (χ2v) is 7.95. The average Bonchev–Trinajstić information content (AvgIpc) is 3.18. The lowest BCUT2D eigenvalue weighted by atomic mass is 9.83. The van der Waals surface area contributed by atoms with Gasteiger partial charge < -0.3 is 24.4 Å². The highest BCUT2D eigenvalue weighted by Gasteiger charge is 2.33. The number of carbonyl (C=O) groups excluding carboxylic acids is 1. The van der Waals surface area contributed by atoms with Crippen LogP contribution < -0.4 is 19.9 Å². The number of halogens is 1. The lowest BCUT2D eigenvalue weighted by Gasteiger charge is -2.27. The number of esters is 1. The monoisotopic (exact) mass is 470 g/mol. The Morgan fingerprint density at radius 1 is 1.11 bits per heavy atom. The Labute approximate surface area is 199 Å². The SMILES string of the molecule is COc1ccccc1C1C(C#N)=C(N)Oc2cc(OC(=O)c3oc4ccc(F)cc4c3C)ccc21. The van der Waals surface area contributed by atoms with Crippen LogP contribution in [0.2, 0.25) is 0 Å². The van der Waals surface area contributed by atoms with Gasteiger partial charge in [0.25, 0.3) is 0 Å². The normalized spacial score (nSPS) is 14.7. The van der Waals surface area contributed by atoms with Crippen LogP contribution >= 0.6 is 0 Å². The number of nitrogens with two attached hydrogens (primary N) is 1. The predicted octanol–water partition coefficient (Wildman–Crippen LogP) is 5.33. The van der Waals surface area contributed by atoms with Crippen molar-refractivity contribution in [3.8, 4) is 23.3 Å². The van der Waals surface area contributed by atoms with Crippen LogP contribution in [0, 0.1) is 24.1 Å². The van der Waals surface area contributed by atoms with E-state index in [1.165, 1.54) is 24.3 Å². The van der Waals surface area contributed by atoms with E-state index in [2.05, 4.69) is 6.07 Å². The lowest BCUT2D eigenvalue weighted by molar-refractivity contribution is 0.0702. The smallest absolute Gasteiger partial charge is 0.379 e. The van der Waals surface area contributed by atoms with Crippen LogP contribution in [-0.2, 0) is 0 Å². The molecule has 0 bridgehead atoms. The average molecular weight is 470 g/mol. The first-order chi connectivity index (χ1) is 16.9. The van der Waals surface area contributed by atoms with E-state index in [0.717, 1.165) is 5.56 Å². The number of aryl methyl sites for hydroxylation is 1. The summed E-state index contributed by atoms with van der Waals surface area (Å²) in [5, 5.41) is 10.3. The minimum absolute atomic E-state index is 0.0256. The molecular weight excluding hydrogens is 451 g/mol. The number of ether oxygens (including phenoxy) is 3. The van der Waals surface area contributed by atoms with Crippen molar-refractivity contribution in [3.05, 3.63) is 100 Å². The van der Waals surface area contributed by atoms with Crippen LogP contribution in [0.15, 0.2) is 76.5 Å². The number of nitriles is 1. The highest BCUT2D eigenvalue weighted by atomic mass is 19.1. The molecule has 4 aromatic rings. The fourth-order valence-corrected chi connectivity index (χ4v) is 4.27. The minimum atomic E-state index is -0.739. The molecular formula is C27H19FN2O5. The first-order valence-corrected chi connectivity index (χ1v) is 10.7. The van der Waals surface area contributed by atoms with E-state index >= 15 is 0 Å². The number of carbonyl (C=O) groups is 1. The number of rotatable bonds is 4. The van der Waals surface area contributed by atoms with Gasteiger partial charge in [-0.05, 0) is 37.3 Å². The molecule has 0 radical (unpaired) electrons. The number of hydrogen-bond acceptors (Lipinski definition) is 7. The summed E-state index contributed by atoms with van der Waals surface area (Å²) in [6.07, 6.45) is 0. The Kier molecular flexibility index (Phi) is 5.38. The predicted molar refractivity (Wildman–Crippen MR) is 125 cm³/mol. The maximum absolute atomic E-state index is 13.6. The number of para-hydroxylation sites is 1. The summed E-state index contributed by atoms with van der Waals surface area (Å²) in [4.78, 5) is 12.8. The number of allylic oxidation sites excluding steroid dienone is 1. The zero-order valence-corrected chi connectivity index (χ0v) is 18.8. The molecule has 1 aliphatic heterocycles. The Balaban J connectivity index is 1.51. The third-order valence-electron chi connectivity index (χ3n) is 5.93. The number of hydrogen-bond donors (Lipinski definition) is 1. The Morgan fingerprint density at radius 3 is 2.69 bits per heavy atom. The largest absolute Gasteiger partial charge is 0.496 e. The molecule has 0 spiro atoms. The maximum Gasteiger partial charge on any atom is 0.379 e. The number of methoxy groups -OCH3 is 1. The van der Waals surface area contributed by atoms with Gasteiger partial charge in [0.2, 0.25) is 11.6 Å². The van der Waals surface area contributed by atoms with Gasteiger partial charge >= 0.3 is 5.97 Å². The van der Waals surface area contributed by atoms with E-state index in [1.54, 1.807) is 32.2 Å². The van der Waals surface area contributed by atoms with Crippen LogP contribution in [0.3, 0.4) is 0 Å². The van der Waals surface area contributed by atoms with Crippen molar-refractivity contribution in [2.45, 2.75) is 12.8 Å². The van der Waals surface area contributed by atoms with E-state index in [-0.39, 0.29) is 23.0 Å². The quantitative estimate of drug-likeness (QED) is 0.317. The van der Waals surface area contributed by atoms with Crippen molar-refractivity contribution in [2.75, 3.05) is 7.11 Å². The molecule has 1 aliphatic rings. The van der Waals surface area contributed by atoms with Crippen molar-refractivity contribution in [2.24, 2.45) is 5.73 Å². The molecule has 0 amide bonds. The van der Waals surface area contributed by atoms with Crippen LogP contribution in [0.25, 0.3) is 11.0 Å². The fourth-order valence-electron chi connectivity index (χ4n) is 4.27. The van der Waals surface area contributed by atoms with Gasteiger partial charge in [0.1, 0.15) is 40.3 Å². The molecule has 1 atom stereocenters. The molecule has 0 aliphatic carbocycles. The molecule has 3 aromatic carbocycles. The molecule has 2 N–H and O–H groups in total. The van der Waals surface area contributed by atoms with Gasteiger partial charge in [-0.3, -0.25) is 0 Å². The maximum atomic E-state index is 13.6. The molecule has 2 heterocycles. The lowest BCUT2D eigenvalue weighted by Crippen LogP contribution is -2.21. The topological polar surface area (TPSA) is 108 Å². The molecule has 35 heavy (non-hydrogen) atoms. The Hall–Kier alpha value is -4.77. The first kappa shape index (κ1) is 22.0. The summed E-state index contributed by atoms with van der Waals surface area (Å²) in [6, 6.07) is 18.3. The summed E-state index contributed by atoms with van der Waals surface area (Å²) in [5.41, 5.74) is 8.59. The third kappa shape index (κ3) is 3.73. The highest BCUT2D eigenvalue weighted by Crippen LogP contribution is 2.45. The second-order valence-electron chi connectivity index (χ2n) is 7.95. The number of nitrogens with zero attached hydrogens (tertiary/aromatic N) is 1. The molecule has 0 fully saturated rings. The van der Waals surface area contributed by atoms with E-state index in [9.17, 15) is 14.4 Å². The van der Waals surface area contributed by atoms with Gasteiger partial charge in [-0.25, -0.2) is 9.18 Å². The van der Waals surface area contributed by atoms with Crippen molar-refractivity contribution in [1.82, 2.24) is 0 Å². The summed E-state index contributed by atoms with van der Waals surface area (Å²) >= 11 is 0. The molecule has 8 heteroatoms. The van der Waals surface area contributed by atoms with Gasteiger partial charge in [0.15, 0.2) is 0 Å². The van der Waals surface area contributed by atoms with E-state index in [4.69, 9.17) is 24.4 Å². The molecule has 5 rings (SSSR count). The second kappa shape index (κ2) is 8.54. The van der Waals surface area contributed by atoms with Gasteiger partial charge in [-0.15, -0.1) is 0 Å². The summed E-state index contributed by atoms with van der Waals surface area (Å²) in [7, 11) is 1.55. The fraction of sp³-hybridized carbons (Fsp3) is 0.111. The first-order valence-electron chi connectivity index (χ1n) is 10.7. The Morgan fingerprint density at radius 2 is 1.91 bits per heavy atom. The summed E-state index contributed by atoms with van der Waals surface area (Å²) in [6.45, 7) is 1.66. The molecule has 1 unspecified atom stereocenters.